The van der Waals surface area contributed by atoms with E-state index in [0.29, 0.717) is 11.5 Å². The Hall–Kier alpha value is -2.74. The van der Waals surface area contributed by atoms with Gasteiger partial charge in [0.25, 0.3) is 0 Å². The fourth-order valence-electron chi connectivity index (χ4n) is 3.26. The molecule has 0 atom stereocenters. The molecule has 0 saturated heterocycles. The van der Waals surface area contributed by atoms with Gasteiger partial charge in [-0.2, -0.15) is 0 Å². The monoisotopic (exact) mass is 380 g/mol. The molecule has 2 heterocycles. The van der Waals surface area contributed by atoms with E-state index in [2.05, 4.69) is 50.8 Å². The van der Waals surface area contributed by atoms with Crippen molar-refractivity contribution in [3.05, 3.63) is 60.4 Å². The molecule has 0 unspecified atom stereocenters. The van der Waals surface area contributed by atoms with E-state index >= 15 is 0 Å². The molecule has 0 aliphatic rings. The highest BCUT2D eigenvalue weighted by molar-refractivity contribution is 7.95. The molecule has 3 N–H and O–H groups in total. The lowest BCUT2D eigenvalue weighted by Crippen LogP contribution is -2.06. The summed E-state index contributed by atoms with van der Waals surface area (Å²) in [4.78, 5) is 4.58. The molecule has 2 aromatic heterocycles. The molecule has 138 valence electrons. The van der Waals surface area contributed by atoms with Gasteiger partial charge >= 0.3 is 0 Å². The number of ether oxygens (including phenoxy) is 2. The van der Waals surface area contributed by atoms with Crippen LogP contribution in [0.25, 0.3) is 27.5 Å². The van der Waals surface area contributed by atoms with Crippen LogP contribution >= 0.6 is 12.1 Å². The third-order valence-corrected chi connectivity index (χ3v) is 4.90. The van der Waals surface area contributed by atoms with E-state index in [-0.39, 0.29) is 0 Å². The van der Waals surface area contributed by atoms with Crippen molar-refractivity contribution in [1.29, 1.82) is 0 Å². The van der Waals surface area contributed by atoms with Crippen molar-refractivity contribution in [1.82, 2.24) is 14.3 Å². The Kier molecular flexibility index (Phi) is 4.89. The van der Waals surface area contributed by atoms with E-state index in [1.807, 2.05) is 18.3 Å². The lowest BCUT2D eigenvalue weighted by atomic mass is 10.1. The summed E-state index contributed by atoms with van der Waals surface area (Å²) in [7, 11) is 3.27. The van der Waals surface area contributed by atoms with Crippen LogP contribution in [0.5, 0.6) is 11.5 Å². The quantitative estimate of drug-likeness (QED) is 0.496. The van der Waals surface area contributed by atoms with Crippen molar-refractivity contribution < 1.29 is 9.47 Å². The Balaban J connectivity index is 1.87. The Morgan fingerprint density at radius 1 is 1.07 bits per heavy atom. The highest BCUT2D eigenvalue weighted by Gasteiger charge is 2.13. The van der Waals surface area contributed by atoms with E-state index < -0.39 is 0 Å². The van der Waals surface area contributed by atoms with Gasteiger partial charge in [0.05, 0.1) is 25.3 Å². The molecule has 0 amide bonds. The third-order valence-electron chi connectivity index (χ3n) is 4.59. The highest BCUT2D eigenvalue weighted by atomic mass is 32.2. The molecule has 0 bridgehead atoms. The molecule has 2 aromatic carbocycles. The molecule has 0 spiro atoms. The predicted molar refractivity (Wildman–Crippen MR) is 110 cm³/mol. The first-order valence-corrected chi connectivity index (χ1v) is 9.33. The maximum atomic E-state index is 5.49. The largest absolute Gasteiger partial charge is 0.493 e. The number of benzene rings is 2. The summed E-state index contributed by atoms with van der Waals surface area (Å²) >= 11 is 1.12. The Bertz CT molecular complexity index is 1090. The molecule has 0 saturated carbocycles. The SMILES string of the molecule is COc1cc2ncc3ccn(-c4ccc(CNSN)cc4)c3c2cc1OC. The average molecular weight is 380 g/mol. The topological polar surface area (TPSA) is 74.3 Å². The van der Waals surface area contributed by atoms with E-state index in [4.69, 9.17) is 14.6 Å². The van der Waals surface area contributed by atoms with Gasteiger partial charge in [-0.3, -0.25) is 10.1 Å². The minimum atomic E-state index is 0.671. The van der Waals surface area contributed by atoms with Crippen LogP contribution in [-0.2, 0) is 6.54 Å². The van der Waals surface area contributed by atoms with Crippen LogP contribution in [0.3, 0.4) is 0 Å². The molecule has 27 heavy (non-hydrogen) atoms. The first-order valence-electron chi connectivity index (χ1n) is 8.45. The van der Waals surface area contributed by atoms with E-state index in [1.54, 1.807) is 14.2 Å². The minimum Gasteiger partial charge on any atom is -0.493 e. The number of nitrogens with zero attached hydrogens (tertiary/aromatic N) is 2. The highest BCUT2D eigenvalue weighted by Crippen LogP contribution is 2.35. The number of hydrogen-bond donors (Lipinski definition) is 2. The van der Waals surface area contributed by atoms with Gasteiger partial charge in [-0.05, 0) is 29.8 Å². The number of methoxy groups -OCH3 is 2. The van der Waals surface area contributed by atoms with Crippen LogP contribution in [0.2, 0.25) is 0 Å². The second kappa shape index (κ2) is 7.48. The van der Waals surface area contributed by atoms with Crippen molar-refractivity contribution in [3.63, 3.8) is 0 Å². The first-order chi connectivity index (χ1) is 13.2. The molecule has 4 aromatic rings. The molecule has 0 fully saturated rings. The number of aromatic nitrogens is 2. The molecule has 4 rings (SSSR count). The van der Waals surface area contributed by atoms with Gasteiger partial charge < -0.3 is 14.0 Å². The van der Waals surface area contributed by atoms with Gasteiger partial charge in [0, 0.05) is 53.6 Å². The lowest BCUT2D eigenvalue weighted by Gasteiger charge is -2.12. The van der Waals surface area contributed by atoms with Gasteiger partial charge in [0.15, 0.2) is 11.5 Å². The van der Waals surface area contributed by atoms with Crippen LogP contribution in [0.1, 0.15) is 5.56 Å². The number of fused-ring (bicyclic) bond motifs is 3. The third kappa shape index (κ3) is 3.21. The molecule has 0 radical (unpaired) electrons. The van der Waals surface area contributed by atoms with Crippen molar-refractivity contribution in [2.24, 2.45) is 5.14 Å². The predicted octanol–water partition coefficient (Wildman–Crippen LogP) is 3.81. The zero-order chi connectivity index (χ0) is 18.8. The second-order valence-electron chi connectivity index (χ2n) is 6.08. The van der Waals surface area contributed by atoms with E-state index in [1.165, 1.54) is 5.56 Å². The smallest absolute Gasteiger partial charge is 0.162 e. The van der Waals surface area contributed by atoms with Crippen LogP contribution in [-0.4, -0.2) is 23.8 Å². The van der Waals surface area contributed by atoms with Gasteiger partial charge in [-0.1, -0.05) is 12.1 Å². The van der Waals surface area contributed by atoms with Crippen molar-refractivity contribution >= 4 is 33.9 Å². The average Bonchev–Trinajstić information content (AvgIpc) is 3.16. The molecule has 6 nitrogen and oxygen atoms in total. The summed E-state index contributed by atoms with van der Waals surface area (Å²) in [5.74, 6) is 1.36. The Morgan fingerprint density at radius 2 is 1.81 bits per heavy atom. The number of nitrogens with one attached hydrogen (secondary N) is 1. The summed E-state index contributed by atoms with van der Waals surface area (Å²) < 4.78 is 16.1. The van der Waals surface area contributed by atoms with Crippen LogP contribution in [0, 0.1) is 0 Å². The maximum absolute atomic E-state index is 5.49. The lowest BCUT2D eigenvalue weighted by molar-refractivity contribution is 0.356. The normalized spacial score (nSPS) is 11.2. The van der Waals surface area contributed by atoms with Crippen LogP contribution in [0.15, 0.2) is 54.9 Å². The Morgan fingerprint density at radius 3 is 2.52 bits per heavy atom. The minimum absolute atomic E-state index is 0.671. The Labute approximate surface area is 161 Å². The van der Waals surface area contributed by atoms with Gasteiger partial charge in [0.1, 0.15) is 0 Å². The van der Waals surface area contributed by atoms with Crippen LogP contribution < -0.4 is 19.3 Å². The summed E-state index contributed by atoms with van der Waals surface area (Å²) in [6.07, 6.45) is 3.95. The number of nitrogens with two attached hydrogens (primary N) is 1. The number of pyridine rings is 1. The number of rotatable bonds is 6. The second-order valence-corrected chi connectivity index (χ2v) is 6.60. The molecule has 7 heteroatoms. The summed E-state index contributed by atoms with van der Waals surface area (Å²) in [5, 5.41) is 7.50. The summed E-state index contributed by atoms with van der Waals surface area (Å²) in [5.41, 5.74) is 4.20. The fourth-order valence-corrected chi connectivity index (χ4v) is 3.51. The van der Waals surface area contributed by atoms with E-state index in [0.717, 1.165) is 46.2 Å². The van der Waals surface area contributed by atoms with Crippen LogP contribution in [0.4, 0.5) is 0 Å². The molecular formula is C20H20N4O2S. The maximum Gasteiger partial charge on any atom is 0.162 e. The number of hydrogen-bond acceptors (Lipinski definition) is 6. The van der Waals surface area contributed by atoms with Crippen molar-refractivity contribution in [2.75, 3.05) is 14.2 Å². The summed E-state index contributed by atoms with van der Waals surface area (Å²) in [6, 6.07) is 14.4. The standard InChI is InChI=1S/C20H20N4O2S/c1-25-18-9-16-17(10-19(18)26-2)22-12-14-7-8-24(20(14)16)15-5-3-13(4-6-15)11-23-27-21/h3-10,12,23H,11,21H2,1-2H3. The fraction of sp³-hybridized carbons (Fsp3) is 0.150. The zero-order valence-corrected chi connectivity index (χ0v) is 15.9. The van der Waals surface area contributed by atoms with Gasteiger partial charge in [0.2, 0.25) is 0 Å². The van der Waals surface area contributed by atoms with Crippen molar-refractivity contribution in [3.8, 4) is 17.2 Å². The van der Waals surface area contributed by atoms with Gasteiger partial charge in [-0.25, -0.2) is 4.72 Å². The van der Waals surface area contributed by atoms with Crippen molar-refractivity contribution in [2.45, 2.75) is 6.54 Å². The molecule has 0 aliphatic carbocycles. The first kappa shape index (κ1) is 17.7. The molecular weight excluding hydrogens is 360 g/mol. The summed E-state index contributed by atoms with van der Waals surface area (Å²) in [6.45, 7) is 0.720. The zero-order valence-electron chi connectivity index (χ0n) is 15.1. The van der Waals surface area contributed by atoms with Gasteiger partial charge in [-0.15, -0.1) is 0 Å². The van der Waals surface area contributed by atoms with E-state index in [9.17, 15) is 0 Å². The molecule has 0 aliphatic heterocycles.